The number of nitrogens with zero attached hydrogens (tertiary/aromatic N) is 6. The number of carbonyl (C=O) groups excluding carboxylic acids is 1. The topological polar surface area (TPSA) is 131 Å². The molecule has 2 N–H and O–H groups in total. The van der Waals surface area contributed by atoms with Crippen molar-refractivity contribution in [2.45, 2.75) is 13.5 Å². The third-order valence-electron chi connectivity index (χ3n) is 4.81. The number of nitrogens with two attached hydrogens (primary N) is 1. The molecular weight excluding hydrogens is 398 g/mol. The molecule has 0 saturated carbocycles. The van der Waals surface area contributed by atoms with Crippen LogP contribution in [-0.2, 0) is 13.7 Å². The van der Waals surface area contributed by atoms with Crippen molar-refractivity contribution in [3.8, 4) is 22.8 Å². The highest BCUT2D eigenvalue weighted by molar-refractivity contribution is 5.99. The monoisotopic (exact) mass is 417 g/mol. The maximum absolute atomic E-state index is 12.3. The molecule has 1 amide bonds. The number of primary amides is 1. The van der Waals surface area contributed by atoms with Gasteiger partial charge in [0.25, 0.3) is 0 Å². The first-order chi connectivity index (χ1) is 15.0. The van der Waals surface area contributed by atoms with Gasteiger partial charge in [0.15, 0.2) is 0 Å². The zero-order chi connectivity index (χ0) is 22.0. The normalized spacial score (nSPS) is 10.8. The Hall–Kier alpha value is -4.34. The van der Waals surface area contributed by atoms with E-state index in [4.69, 9.17) is 10.5 Å². The van der Waals surface area contributed by atoms with E-state index >= 15 is 0 Å². The van der Waals surface area contributed by atoms with Crippen molar-refractivity contribution in [3.05, 3.63) is 82.0 Å². The average Bonchev–Trinajstić information content (AvgIpc) is 3.11. The Labute approximate surface area is 176 Å². The largest absolute Gasteiger partial charge is 0.473 e. The second kappa shape index (κ2) is 8.19. The molecule has 0 saturated heterocycles. The first-order valence-corrected chi connectivity index (χ1v) is 9.37. The lowest BCUT2D eigenvalue weighted by Gasteiger charge is -2.13. The fraction of sp³-hybridized carbons (Fsp3) is 0.143. The average molecular weight is 417 g/mol. The summed E-state index contributed by atoms with van der Waals surface area (Å²) in [6, 6.07) is 14.1. The molecule has 0 aliphatic carbocycles. The van der Waals surface area contributed by atoms with Crippen LogP contribution in [0.25, 0.3) is 16.9 Å². The fourth-order valence-electron chi connectivity index (χ4n) is 3.17. The van der Waals surface area contributed by atoms with Gasteiger partial charge in [-0.25, -0.2) is 14.8 Å². The second-order valence-electron chi connectivity index (χ2n) is 6.81. The van der Waals surface area contributed by atoms with Gasteiger partial charge in [-0.05, 0) is 35.0 Å². The van der Waals surface area contributed by atoms with Crippen LogP contribution < -0.4 is 16.2 Å². The lowest BCUT2D eigenvalue weighted by molar-refractivity contribution is 0.100. The molecule has 2 aromatic heterocycles. The van der Waals surface area contributed by atoms with E-state index in [1.165, 1.54) is 18.1 Å². The molecule has 0 spiro atoms. The molecule has 0 radical (unpaired) electrons. The summed E-state index contributed by atoms with van der Waals surface area (Å²) in [5.74, 6) is -0.236. The molecule has 0 atom stereocenters. The number of aromatic nitrogens is 6. The summed E-state index contributed by atoms with van der Waals surface area (Å²) in [5, 5.41) is 7.68. The molecule has 4 rings (SSSR count). The minimum atomic E-state index is -0.546. The predicted octanol–water partition coefficient (Wildman–Crippen LogP) is 1.41. The van der Waals surface area contributed by atoms with Gasteiger partial charge in [0.1, 0.15) is 12.9 Å². The summed E-state index contributed by atoms with van der Waals surface area (Å²) in [7, 11) is 1.53. The number of tetrazole rings is 1. The van der Waals surface area contributed by atoms with Gasteiger partial charge < -0.3 is 10.5 Å². The van der Waals surface area contributed by atoms with Crippen LogP contribution in [0.5, 0.6) is 5.88 Å². The number of hydrogen-bond acceptors (Lipinski definition) is 7. The van der Waals surface area contributed by atoms with Crippen molar-refractivity contribution in [1.82, 2.24) is 29.8 Å². The molecule has 0 unspecified atom stereocenters. The van der Waals surface area contributed by atoms with Crippen molar-refractivity contribution < 1.29 is 9.53 Å². The zero-order valence-corrected chi connectivity index (χ0v) is 16.9. The Kier molecular flexibility index (Phi) is 5.27. The van der Waals surface area contributed by atoms with Gasteiger partial charge >= 0.3 is 5.69 Å². The third-order valence-corrected chi connectivity index (χ3v) is 4.81. The van der Waals surface area contributed by atoms with Gasteiger partial charge in [0.05, 0.1) is 11.4 Å². The lowest BCUT2D eigenvalue weighted by Crippen LogP contribution is -2.23. The van der Waals surface area contributed by atoms with E-state index in [-0.39, 0.29) is 12.3 Å². The highest BCUT2D eigenvalue weighted by Crippen LogP contribution is 2.25. The zero-order valence-electron chi connectivity index (χ0n) is 16.9. The van der Waals surface area contributed by atoms with Crippen LogP contribution >= 0.6 is 0 Å². The van der Waals surface area contributed by atoms with E-state index in [1.807, 2.05) is 19.1 Å². The second-order valence-corrected chi connectivity index (χ2v) is 6.81. The number of ether oxygens (including phenoxy) is 1. The van der Waals surface area contributed by atoms with Gasteiger partial charge in [-0.1, -0.05) is 30.3 Å². The summed E-state index contributed by atoms with van der Waals surface area (Å²) >= 11 is 0. The number of carbonyl (C=O) groups is 1. The quantitative estimate of drug-likeness (QED) is 0.502. The first kappa shape index (κ1) is 20.0. The van der Waals surface area contributed by atoms with Crippen molar-refractivity contribution in [2.24, 2.45) is 12.8 Å². The number of rotatable bonds is 6. The maximum atomic E-state index is 12.3. The van der Waals surface area contributed by atoms with Crippen LogP contribution in [0.3, 0.4) is 0 Å². The SMILES string of the molecule is Cc1cccc(-n2nnn(C)c2=O)c1COc1cc(-c2ccccc2C(N)=O)ncn1. The molecule has 2 heterocycles. The standard InChI is InChI=1S/C21H19N7O3/c1-13-6-5-9-18(28-21(30)27(2)25-26-28)16(13)11-31-19-10-17(23-12-24-19)14-7-3-4-8-15(14)20(22)29/h3-10,12H,11H2,1-2H3,(H2,22,29). The molecule has 0 fully saturated rings. The summed E-state index contributed by atoms with van der Waals surface area (Å²) < 4.78 is 8.28. The molecular formula is C21H19N7O3. The first-order valence-electron chi connectivity index (χ1n) is 9.37. The number of hydrogen-bond donors (Lipinski definition) is 1. The molecule has 10 nitrogen and oxygen atoms in total. The molecule has 10 heteroatoms. The highest BCUT2D eigenvalue weighted by atomic mass is 16.5. The Balaban J connectivity index is 1.65. The van der Waals surface area contributed by atoms with Crippen molar-refractivity contribution in [1.29, 1.82) is 0 Å². The van der Waals surface area contributed by atoms with Crippen molar-refractivity contribution in [3.63, 3.8) is 0 Å². The predicted molar refractivity (Wildman–Crippen MR) is 112 cm³/mol. The highest BCUT2D eigenvalue weighted by Gasteiger charge is 2.15. The van der Waals surface area contributed by atoms with Gasteiger partial charge in [-0.3, -0.25) is 4.79 Å². The summed E-state index contributed by atoms with van der Waals surface area (Å²) in [6.45, 7) is 2.05. The number of aryl methyl sites for hydroxylation is 2. The Bertz CT molecular complexity index is 1330. The minimum absolute atomic E-state index is 0.138. The number of benzene rings is 2. The summed E-state index contributed by atoms with van der Waals surface area (Å²) in [5.41, 5.74) is 8.83. The van der Waals surface area contributed by atoms with Crippen LogP contribution in [0.15, 0.2) is 59.7 Å². The van der Waals surface area contributed by atoms with E-state index in [0.29, 0.717) is 28.4 Å². The fourth-order valence-corrected chi connectivity index (χ4v) is 3.17. The smallest absolute Gasteiger partial charge is 0.368 e. The van der Waals surface area contributed by atoms with Crippen LogP contribution in [0.2, 0.25) is 0 Å². The Morgan fingerprint density at radius 3 is 2.65 bits per heavy atom. The third kappa shape index (κ3) is 3.90. The lowest BCUT2D eigenvalue weighted by atomic mass is 10.0. The summed E-state index contributed by atoms with van der Waals surface area (Å²) in [6.07, 6.45) is 1.36. The van der Waals surface area contributed by atoms with Gasteiger partial charge in [-0.2, -0.15) is 9.36 Å². The molecule has 0 aliphatic rings. The van der Waals surface area contributed by atoms with E-state index in [2.05, 4.69) is 20.4 Å². The van der Waals surface area contributed by atoms with Crippen LogP contribution in [0.1, 0.15) is 21.5 Å². The Morgan fingerprint density at radius 2 is 1.90 bits per heavy atom. The van der Waals surface area contributed by atoms with E-state index < -0.39 is 5.91 Å². The van der Waals surface area contributed by atoms with Crippen LogP contribution in [0, 0.1) is 6.92 Å². The van der Waals surface area contributed by atoms with E-state index in [9.17, 15) is 9.59 Å². The molecule has 31 heavy (non-hydrogen) atoms. The van der Waals surface area contributed by atoms with Crippen LogP contribution in [-0.4, -0.2) is 35.7 Å². The van der Waals surface area contributed by atoms with Gasteiger partial charge in [0.2, 0.25) is 11.8 Å². The number of amides is 1. The minimum Gasteiger partial charge on any atom is -0.473 e. The molecule has 156 valence electrons. The van der Waals surface area contributed by atoms with E-state index in [1.54, 1.807) is 36.4 Å². The van der Waals surface area contributed by atoms with Crippen molar-refractivity contribution >= 4 is 5.91 Å². The van der Waals surface area contributed by atoms with Gasteiger partial charge in [-0.15, -0.1) is 0 Å². The van der Waals surface area contributed by atoms with Crippen LogP contribution in [0.4, 0.5) is 0 Å². The molecule has 0 aliphatic heterocycles. The molecule has 0 bridgehead atoms. The molecule has 2 aromatic carbocycles. The van der Waals surface area contributed by atoms with Gasteiger partial charge in [0, 0.05) is 29.8 Å². The maximum Gasteiger partial charge on any atom is 0.368 e. The van der Waals surface area contributed by atoms with Crippen molar-refractivity contribution in [2.75, 3.05) is 0 Å². The van der Waals surface area contributed by atoms with E-state index in [0.717, 1.165) is 15.8 Å². The molecule has 4 aromatic rings. The summed E-state index contributed by atoms with van der Waals surface area (Å²) in [4.78, 5) is 32.4. The Morgan fingerprint density at radius 1 is 1.10 bits per heavy atom.